The van der Waals surface area contributed by atoms with Crippen LogP contribution in [-0.2, 0) is 25.9 Å². The summed E-state index contributed by atoms with van der Waals surface area (Å²) >= 11 is 0. The molecule has 9 nitrogen and oxygen atoms in total. The minimum Gasteiger partial charge on any atom is -0.389 e. The van der Waals surface area contributed by atoms with Crippen molar-refractivity contribution in [3.05, 3.63) is 76.8 Å². The fraction of sp³-hybridized carbons (Fsp3) is 0.448. The van der Waals surface area contributed by atoms with E-state index in [0.29, 0.717) is 24.2 Å². The number of hydrogen-bond acceptors (Lipinski definition) is 5. The molecule has 0 unspecified atom stereocenters. The van der Waals surface area contributed by atoms with Gasteiger partial charge < -0.3 is 25.2 Å². The Labute approximate surface area is 229 Å². The van der Waals surface area contributed by atoms with E-state index in [1.54, 1.807) is 30.9 Å². The summed E-state index contributed by atoms with van der Waals surface area (Å²) in [6, 6.07) is 2.53. The Morgan fingerprint density at radius 2 is 1.92 bits per heavy atom. The van der Waals surface area contributed by atoms with Gasteiger partial charge in [-0.05, 0) is 68.5 Å². The Balaban J connectivity index is 0.00000205. The number of urea groups is 1. The van der Waals surface area contributed by atoms with E-state index in [9.17, 15) is 19.1 Å². The lowest BCUT2D eigenvalue weighted by atomic mass is 9.96. The number of fused-ring (bicyclic) bond motifs is 2. The highest BCUT2D eigenvalue weighted by molar-refractivity contribution is 5.96. The molecule has 0 atom stereocenters. The molecular formula is C29H39FN6O3. The number of hydrogen-bond donors (Lipinski definition) is 3. The Hall–Kier alpha value is -3.79. The Kier molecular flexibility index (Phi) is 9.80. The number of aryl methyl sites for hydroxylation is 1. The number of rotatable bonds is 7. The summed E-state index contributed by atoms with van der Waals surface area (Å²) in [5, 5.41) is 23.6. The fourth-order valence-electron chi connectivity index (χ4n) is 4.41. The van der Waals surface area contributed by atoms with Gasteiger partial charge in [-0.25, -0.2) is 9.18 Å². The van der Waals surface area contributed by atoms with E-state index in [1.165, 1.54) is 12.1 Å². The van der Waals surface area contributed by atoms with Gasteiger partial charge in [0.15, 0.2) is 5.82 Å². The van der Waals surface area contributed by atoms with Gasteiger partial charge in [-0.2, -0.15) is 0 Å². The molecule has 1 aromatic carbocycles. The first-order valence-corrected chi connectivity index (χ1v) is 13.4. The Bertz CT molecular complexity index is 1290. The van der Waals surface area contributed by atoms with Crippen molar-refractivity contribution < 1.29 is 19.1 Å². The van der Waals surface area contributed by atoms with Gasteiger partial charge in [0.25, 0.3) is 5.91 Å². The second-order valence-electron chi connectivity index (χ2n) is 10.1. The van der Waals surface area contributed by atoms with Crippen molar-refractivity contribution in [1.29, 1.82) is 0 Å². The third-order valence-electron chi connectivity index (χ3n) is 6.39. The molecule has 0 radical (unpaired) electrons. The van der Waals surface area contributed by atoms with Crippen molar-refractivity contribution in [2.45, 2.75) is 72.6 Å². The molecule has 210 valence electrons. The first-order chi connectivity index (χ1) is 18.5. The molecule has 0 fully saturated rings. The van der Waals surface area contributed by atoms with E-state index in [4.69, 9.17) is 0 Å². The summed E-state index contributed by atoms with van der Waals surface area (Å²) < 4.78 is 16.9. The molecule has 2 aliphatic heterocycles. The highest BCUT2D eigenvalue weighted by Crippen LogP contribution is 2.23. The minimum atomic E-state index is -1.03. The van der Waals surface area contributed by atoms with Gasteiger partial charge in [-0.3, -0.25) is 4.79 Å². The zero-order valence-corrected chi connectivity index (χ0v) is 23.5. The van der Waals surface area contributed by atoms with E-state index in [1.807, 2.05) is 26.8 Å². The number of benzene rings is 1. The Morgan fingerprint density at radius 1 is 1.18 bits per heavy atom. The standard InChI is InChI=1S/C27H33FN6O3.C2H6/c1-17(24-32-31-23-9-6-11-34(23)24)7-5-8-18(2)30-25(35)21-13-20-15-33(12-10-19(20)14-22(21)28)26(36)29-16-27(3,4)37;1-2/h5,7-8,13-14,37H,2,6,9-12,15-16H2,1,3-4H3,(H,29,36)(H,30,35);1-2H3/b8-5-,17-7+;. The lowest BCUT2D eigenvalue weighted by molar-refractivity contribution is 0.0791. The lowest BCUT2D eigenvalue weighted by Gasteiger charge is -2.30. The maximum Gasteiger partial charge on any atom is 0.317 e. The zero-order chi connectivity index (χ0) is 28.7. The molecule has 4 rings (SSSR count). The summed E-state index contributed by atoms with van der Waals surface area (Å²) in [6.07, 6.45) is 7.72. The molecule has 2 aliphatic rings. The largest absolute Gasteiger partial charge is 0.389 e. The highest BCUT2D eigenvalue weighted by atomic mass is 19.1. The van der Waals surface area contributed by atoms with E-state index >= 15 is 0 Å². The quantitative estimate of drug-likeness (QED) is 0.459. The number of aliphatic hydroxyl groups is 1. The van der Waals surface area contributed by atoms with Crippen LogP contribution in [0.3, 0.4) is 0 Å². The van der Waals surface area contributed by atoms with Crippen LogP contribution in [-0.4, -0.2) is 55.4 Å². The topological polar surface area (TPSA) is 112 Å². The number of nitrogens with one attached hydrogen (secondary N) is 2. The third kappa shape index (κ3) is 7.63. The molecule has 0 bridgehead atoms. The monoisotopic (exact) mass is 538 g/mol. The predicted molar refractivity (Wildman–Crippen MR) is 149 cm³/mol. The number of carbonyl (C=O) groups excluding carboxylic acids is 2. The summed E-state index contributed by atoms with van der Waals surface area (Å²) in [5.74, 6) is 0.581. The van der Waals surface area contributed by atoms with Gasteiger partial charge in [-0.1, -0.05) is 32.6 Å². The third-order valence-corrected chi connectivity index (χ3v) is 6.39. The van der Waals surface area contributed by atoms with Crippen molar-refractivity contribution in [2.75, 3.05) is 13.1 Å². The molecule has 3 heterocycles. The summed E-state index contributed by atoms with van der Waals surface area (Å²) in [6.45, 7) is 14.7. The second-order valence-corrected chi connectivity index (χ2v) is 10.1. The van der Waals surface area contributed by atoms with E-state index in [2.05, 4.69) is 32.0 Å². The number of aromatic nitrogens is 3. The van der Waals surface area contributed by atoms with Crippen molar-refractivity contribution in [3.8, 4) is 0 Å². The van der Waals surface area contributed by atoms with Crippen molar-refractivity contribution in [3.63, 3.8) is 0 Å². The van der Waals surface area contributed by atoms with Gasteiger partial charge in [0.1, 0.15) is 11.6 Å². The molecule has 0 saturated heterocycles. The van der Waals surface area contributed by atoms with Gasteiger partial charge in [0, 0.05) is 38.3 Å². The SMILES string of the molecule is C=C(/C=C\C=C(/C)c1nnc2n1CCC2)NC(=O)c1cc2c(cc1F)CCN(C(=O)NCC(C)(C)O)C2.CC. The zero-order valence-electron chi connectivity index (χ0n) is 23.5. The molecule has 39 heavy (non-hydrogen) atoms. The number of nitrogens with zero attached hydrogens (tertiary/aromatic N) is 4. The van der Waals surface area contributed by atoms with Crippen LogP contribution in [0.25, 0.3) is 5.57 Å². The van der Waals surface area contributed by atoms with E-state index in [-0.39, 0.29) is 24.7 Å². The molecule has 0 aliphatic carbocycles. The van der Waals surface area contributed by atoms with E-state index in [0.717, 1.165) is 42.2 Å². The van der Waals surface area contributed by atoms with E-state index < -0.39 is 17.3 Å². The van der Waals surface area contributed by atoms with Crippen LogP contribution >= 0.6 is 0 Å². The molecule has 10 heteroatoms. The molecule has 0 spiro atoms. The summed E-state index contributed by atoms with van der Waals surface area (Å²) in [7, 11) is 0. The molecule has 1 aromatic heterocycles. The number of carbonyl (C=O) groups is 2. The average Bonchev–Trinajstić information content (AvgIpc) is 3.51. The van der Waals surface area contributed by atoms with Gasteiger partial charge in [-0.15, -0.1) is 10.2 Å². The van der Waals surface area contributed by atoms with Crippen LogP contribution in [0.5, 0.6) is 0 Å². The van der Waals surface area contributed by atoms with Crippen LogP contribution in [0.4, 0.5) is 9.18 Å². The summed E-state index contributed by atoms with van der Waals surface area (Å²) in [4.78, 5) is 26.9. The molecule has 3 amide bonds. The normalized spacial score (nSPS) is 14.8. The van der Waals surface area contributed by atoms with Crippen LogP contribution in [0.2, 0.25) is 0 Å². The van der Waals surface area contributed by atoms with Crippen molar-refractivity contribution in [1.82, 2.24) is 30.3 Å². The maximum absolute atomic E-state index is 14.8. The smallest absolute Gasteiger partial charge is 0.317 e. The van der Waals surface area contributed by atoms with Crippen LogP contribution in [0.15, 0.2) is 42.6 Å². The maximum atomic E-state index is 14.8. The second kappa shape index (κ2) is 12.8. The molecule has 0 saturated carbocycles. The Morgan fingerprint density at radius 3 is 2.64 bits per heavy atom. The first-order valence-electron chi connectivity index (χ1n) is 13.4. The van der Waals surface area contributed by atoms with Gasteiger partial charge in [0.05, 0.1) is 11.2 Å². The minimum absolute atomic E-state index is 0.109. The van der Waals surface area contributed by atoms with Crippen molar-refractivity contribution in [2.24, 2.45) is 0 Å². The first kappa shape index (κ1) is 29.8. The molecule has 2 aromatic rings. The highest BCUT2D eigenvalue weighted by Gasteiger charge is 2.25. The fourth-order valence-corrected chi connectivity index (χ4v) is 4.41. The average molecular weight is 539 g/mol. The van der Waals surface area contributed by atoms with Crippen LogP contribution < -0.4 is 10.6 Å². The van der Waals surface area contributed by atoms with Crippen molar-refractivity contribution >= 4 is 17.5 Å². The molecule has 3 N–H and O–H groups in total. The summed E-state index contributed by atoms with van der Waals surface area (Å²) in [5.41, 5.74) is 1.58. The van der Waals surface area contributed by atoms with Gasteiger partial charge in [0.2, 0.25) is 0 Å². The number of amides is 3. The number of allylic oxidation sites excluding steroid dienone is 4. The van der Waals surface area contributed by atoms with Crippen LogP contribution in [0, 0.1) is 5.82 Å². The predicted octanol–water partition coefficient (Wildman–Crippen LogP) is 4.13. The lowest BCUT2D eigenvalue weighted by Crippen LogP contribution is -2.47. The van der Waals surface area contributed by atoms with Crippen LogP contribution in [0.1, 0.15) is 74.2 Å². The number of halogens is 1. The van der Waals surface area contributed by atoms with Gasteiger partial charge >= 0.3 is 6.03 Å². The molecular weight excluding hydrogens is 499 g/mol.